The molecular formula is C14H19ClN3O3S2+. The maximum Gasteiger partial charge on any atom is 0.254 e. The summed E-state index contributed by atoms with van der Waals surface area (Å²) in [5, 5.41) is 0. The Kier molecular flexibility index (Phi) is 5.64. The third kappa shape index (κ3) is 4.42. The average molecular weight is 377 g/mol. The lowest BCUT2D eigenvalue weighted by Gasteiger charge is -2.16. The van der Waals surface area contributed by atoms with E-state index in [1.165, 1.54) is 48.3 Å². The number of rotatable bonds is 6. The van der Waals surface area contributed by atoms with Gasteiger partial charge in [-0.2, -0.15) is 0 Å². The van der Waals surface area contributed by atoms with Crippen LogP contribution in [0.25, 0.3) is 0 Å². The van der Waals surface area contributed by atoms with Gasteiger partial charge in [0.25, 0.3) is 5.56 Å². The summed E-state index contributed by atoms with van der Waals surface area (Å²) < 4.78 is 27.6. The van der Waals surface area contributed by atoms with E-state index in [0.717, 1.165) is 18.4 Å². The van der Waals surface area contributed by atoms with Crippen molar-refractivity contribution in [2.45, 2.75) is 18.1 Å². The molecule has 0 aliphatic carbocycles. The molecule has 0 radical (unpaired) electrons. The van der Waals surface area contributed by atoms with Crippen LogP contribution < -0.4 is 10.5 Å². The van der Waals surface area contributed by atoms with Crippen molar-refractivity contribution < 1.29 is 13.3 Å². The molecule has 1 unspecified atom stereocenters. The number of nitrogens with zero attached hydrogens (tertiary/aromatic N) is 2. The molecule has 0 aliphatic heterocycles. The zero-order valence-corrected chi connectivity index (χ0v) is 15.5. The van der Waals surface area contributed by atoms with Crippen molar-refractivity contribution in [3.8, 4) is 0 Å². The van der Waals surface area contributed by atoms with Crippen LogP contribution in [-0.2, 0) is 23.2 Å². The molecule has 2 aromatic heterocycles. The number of hydrogen-bond donors (Lipinski definition) is 1. The molecular weight excluding hydrogens is 358 g/mol. The first-order chi connectivity index (χ1) is 10.7. The highest BCUT2D eigenvalue weighted by atomic mass is 35.5. The van der Waals surface area contributed by atoms with Crippen LogP contribution in [0.3, 0.4) is 0 Å². The van der Waals surface area contributed by atoms with Crippen LogP contribution in [0.15, 0.2) is 40.2 Å². The van der Waals surface area contributed by atoms with Gasteiger partial charge >= 0.3 is 0 Å². The van der Waals surface area contributed by atoms with Gasteiger partial charge in [0.15, 0.2) is 6.67 Å². The van der Waals surface area contributed by atoms with Gasteiger partial charge in [0.05, 0.1) is 21.2 Å². The molecule has 2 heterocycles. The number of quaternary nitrogens is 1. The van der Waals surface area contributed by atoms with Gasteiger partial charge in [-0.25, -0.2) is 12.7 Å². The van der Waals surface area contributed by atoms with Gasteiger partial charge in [0.2, 0.25) is 10.0 Å². The normalized spacial score (nSPS) is 13.4. The van der Waals surface area contributed by atoms with E-state index in [4.69, 9.17) is 11.6 Å². The van der Waals surface area contributed by atoms with Crippen molar-refractivity contribution in [1.82, 2.24) is 8.87 Å². The minimum Gasteiger partial charge on any atom is -0.316 e. The van der Waals surface area contributed by atoms with Crippen LogP contribution in [0.4, 0.5) is 0 Å². The molecule has 0 saturated carbocycles. The molecule has 23 heavy (non-hydrogen) atoms. The lowest BCUT2D eigenvalue weighted by Crippen LogP contribution is -3.07. The van der Waals surface area contributed by atoms with E-state index in [9.17, 15) is 13.2 Å². The predicted molar refractivity (Wildman–Crippen MR) is 91.5 cm³/mol. The van der Waals surface area contributed by atoms with E-state index >= 15 is 0 Å². The summed E-state index contributed by atoms with van der Waals surface area (Å²) in [6.07, 6.45) is 1.39. The second kappa shape index (κ2) is 7.14. The van der Waals surface area contributed by atoms with Crippen LogP contribution in [0.2, 0.25) is 4.34 Å². The zero-order chi connectivity index (χ0) is 17.2. The number of sulfonamides is 1. The predicted octanol–water partition coefficient (Wildman–Crippen LogP) is 0.486. The first kappa shape index (κ1) is 18.2. The second-order valence-electron chi connectivity index (χ2n) is 5.46. The Hall–Kier alpha value is -1.19. The minimum absolute atomic E-state index is 0.106. The quantitative estimate of drug-likeness (QED) is 0.797. The molecule has 126 valence electrons. The third-order valence-electron chi connectivity index (χ3n) is 3.28. The van der Waals surface area contributed by atoms with Crippen LogP contribution in [0.5, 0.6) is 0 Å². The molecule has 0 amide bonds. The Morgan fingerprint density at radius 3 is 2.52 bits per heavy atom. The SMILES string of the molecule is CN(C)S(=O)(=O)c1ccc(=O)n(C[NH+](C)Cc2ccc(Cl)s2)c1. The van der Waals surface area contributed by atoms with E-state index in [0.29, 0.717) is 13.2 Å². The minimum atomic E-state index is -3.56. The maximum atomic E-state index is 12.2. The van der Waals surface area contributed by atoms with Crippen LogP contribution in [0, 0.1) is 0 Å². The number of hydrogen-bond acceptors (Lipinski definition) is 4. The summed E-state index contributed by atoms with van der Waals surface area (Å²) in [6.45, 7) is 1.07. The van der Waals surface area contributed by atoms with Gasteiger partial charge in [-0.05, 0) is 18.2 Å². The van der Waals surface area contributed by atoms with Crippen molar-refractivity contribution in [2.75, 3.05) is 21.1 Å². The summed E-state index contributed by atoms with van der Waals surface area (Å²) in [7, 11) is 1.30. The van der Waals surface area contributed by atoms with Gasteiger partial charge in [-0.15, -0.1) is 11.3 Å². The van der Waals surface area contributed by atoms with Crippen LogP contribution in [-0.4, -0.2) is 38.4 Å². The van der Waals surface area contributed by atoms with Gasteiger partial charge in [-0.1, -0.05) is 11.6 Å². The van der Waals surface area contributed by atoms with Gasteiger partial charge in [0, 0.05) is 26.4 Å². The smallest absolute Gasteiger partial charge is 0.254 e. The standard InChI is InChI=1S/C14H18ClN3O3S2/c1-16(2)23(20,21)12-5-7-14(19)18(9-12)10-17(3)8-11-4-6-13(15)22-11/h4-7,9H,8,10H2,1-3H3/p+1. The Bertz CT molecular complexity index is 843. The first-order valence-corrected chi connectivity index (χ1v) is 9.52. The highest BCUT2D eigenvalue weighted by Crippen LogP contribution is 2.20. The zero-order valence-electron chi connectivity index (χ0n) is 13.1. The fourth-order valence-corrected chi connectivity index (χ4v) is 4.21. The molecule has 2 aromatic rings. The van der Waals surface area contributed by atoms with Crippen LogP contribution >= 0.6 is 22.9 Å². The number of pyridine rings is 1. The molecule has 2 rings (SSSR count). The lowest BCUT2D eigenvalue weighted by atomic mass is 10.4. The van der Waals surface area contributed by atoms with Crippen LogP contribution in [0.1, 0.15) is 4.88 Å². The molecule has 1 atom stereocenters. The summed E-state index contributed by atoms with van der Waals surface area (Å²) in [6, 6.07) is 6.41. The van der Waals surface area contributed by atoms with Crippen molar-refractivity contribution in [3.63, 3.8) is 0 Å². The number of nitrogens with one attached hydrogen (secondary N) is 1. The molecule has 1 N–H and O–H groups in total. The Morgan fingerprint density at radius 1 is 1.26 bits per heavy atom. The average Bonchev–Trinajstić information content (AvgIpc) is 2.86. The van der Waals surface area contributed by atoms with Crippen molar-refractivity contribution in [3.05, 3.63) is 50.0 Å². The Labute approximate surface area is 144 Å². The second-order valence-corrected chi connectivity index (χ2v) is 9.41. The van der Waals surface area contributed by atoms with E-state index in [1.54, 1.807) is 0 Å². The van der Waals surface area contributed by atoms with Gasteiger partial charge in [0.1, 0.15) is 6.54 Å². The molecule has 6 nitrogen and oxygen atoms in total. The largest absolute Gasteiger partial charge is 0.316 e. The lowest BCUT2D eigenvalue weighted by molar-refractivity contribution is -0.916. The molecule has 0 aromatic carbocycles. The van der Waals surface area contributed by atoms with Crippen molar-refractivity contribution in [2.24, 2.45) is 0 Å². The fraction of sp³-hybridized carbons (Fsp3) is 0.357. The Balaban J connectivity index is 2.21. The topological polar surface area (TPSA) is 63.8 Å². The molecule has 0 aliphatic rings. The number of thiophene rings is 1. The summed E-state index contributed by atoms with van der Waals surface area (Å²) >= 11 is 7.41. The maximum absolute atomic E-state index is 12.2. The number of aromatic nitrogens is 1. The molecule has 0 fully saturated rings. The van der Waals surface area contributed by atoms with E-state index in [2.05, 4.69) is 0 Å². The Morgan fingerprint density at radius 2 is 1.96 bits per heavy atom. The summed E-state index contributed by atoms with van der Waals surface area (Å²) in [5.41, 5.74) is -0.230. The van der Waals surface area contributed by atoms with E-state index < -0.39 is 10.0 Å². The van der Waals surface area contributed by atoms with Crippen molar-refractivity contribution >= 4 is 33.0 Å². The van der Waals surface area contributed by atoms with E-state index in [-0.39, 0.29) is 10.5 Å². The van der Waals surface area contributed by atoms with Crippen molar-refractivity contribution in [1.29, 1.82) is 0 Å². The van der Waals surface area contributed by atoms with E-state index in [1.807, 2.05) is 19.2 Å². The molecule has 9 heteroatoms. The summed E-state index contributed by atoms with van der Waals surface area (Å²) in [5.74, 6) is 0. The summed E-state index contributed by atoms with van der Waals surface area (Å²) in [4.78, 5) is 14.2. The monoisotopic (exact) mass is 376 g/mol. The third-order valence-corrected chi connectivity index (χ3v) is 6.31. The molecule has 0 saturated heterocycles. The number of halogens is 1. The first-order valence-electron chi connectivity index (χ1n) is 6.88. The molecule has 0 spiro atoms. The fourth-order valence-electron chi connectivity index (χ4n) is 2.09. The highest BCUT2D eigenvalue weighted by Gasteiger charge is 2.19. The molecule has 0 bridgehead atoms. The highest BCUT2D eigenvalue weighted by molar-refractivity contribution is 7.89. The van der Waals surface area contributed by atoms with Gasteiger partial charge in [-0.3, -0.25) is 9.36 Å². The van der Waals surface area contributed by atoms with Gasteiger partial charge < -0.3 is 4.90 Å².